The molecule has 0 aliphatic rings. The fourth-order valence-electron chi connectivity index (χ4n) is 1.36. The van der Waals surface area contributed by atoms with E-state index in [-0.39, 0.29) is 17.6 Å². The van der Waals surface area contributed by atoms with Crippen molar-refractivity contribution in [2.24, 2.45) is 0 Å². The van der Waals surface area contributed by atoms with E-state index in [1.165, 1.54) is 0 Å². The molecule has 1 amide bonds. The number of hydrogen-bond acceptors (Lipinski definition) is 4. The van der Waals surface area contributed by atoms with Crippen molar-refractivity contribution in [2.45, 2.75) is 39.3 Å². The van der Waals surface area contributed by atoms with Gasteiger partial charge in [0, 0.05) is 26.8 Å². The van der Waals surface area contributed by atoms with Crippen LogP contribution >= 0.6 is 0 Å². The molecule has 102 valence electrons. The van der Waals surface area contributed by atoms with Crippen LogP contribution < -0.4 is 10.6 Å². The fraction of sp³-hybridized carbons (Fsp3) is 0.917. The zero-order chi connectivity index (χ0) is 13.3. The van der Waals surface area contributed by atoms with Crippen molar-refractivity contribution in [3.63, 3.8) is 0 Å². The predicted octanol–water partition coefficient (Wildman–Crippen LogP) is 0.542. The Morgan fingerprint density at radius 3 is 2.59 bits per heavy atom. The Morgan fingerprint density at radius 1 is 1.41 bits per heavy atom. The number of carbonyl (C=O) groups excluding carboxylic acids is 1. The lowest BCUT2D eigenvalue weighted by Gasteiger charge is -2.26. The molecule has 0 rings (SSSR count). The van der Waals surface area contributed by atoms with Gasteiger partial charge < -0.3 is 20.1 Å². The Morgan fingerprint density at radius 2 is 2.06 bits per heavy atom. The van der Waals surface area contributed by atoms with E-state index in [1.54, 1.807) is 7.11 Å². The second-order valence-electron chi connectivity index (χ2n) is 4.58. The molecule has 0 saturated carbocycles. The third-order valence-corrected chi connectivity index (χ3v) is 2.37. The Balaban J connectivity index is 3.84. The summed E-state index contributed by atoms with van der Waals surface area (Å²) in [6.07, 6.45) is 0. The molecule has 0 spiro atoms. The van der Waals surface area contributed by atoms with E-state index in [2.05, 4.69) is 10.6 Å². The van der Waals surface area contributed by atoms with Crippen LogP contribution in [0.3, 0.4) is 0 Å². The molecular formula is C12H26N2O3. The standard InChI is InChI=1S/C12H26N2O3/c1-6-17-12(3,4)9-14-10(2)11(15)13-7-8-16-5/h10,14H,6-9H2,1-5H3,(H,13,15). The van der Waals surface area contributed by atoms with Crippen molar-refractivity contribution >= 4 is 5.91 Å². The first kappa shape index (κ1) is 16.4. The minimum absolute atomic E-state index is 0.0191. The molecule has 0 radical (unpaired) electrons. The smallest absolute Gasteiger partial charge is 0.236 e. The van der Waals surface area contributed by atoms with Crippen molar-refractivity contribution in [3.8, 4) is 0 Å². The van der Waals surface area contributed by atoms with E-state index >= 15 is 0 Å². The molecule has 0 aliphatic heterocycles. The molecule has 2 N–H and O–H groups in total. The van der Waals surface area contributed by atoms with Crippen LogP contribution in [-0.2, 0) is 14.3 Å². The SMILES string of the molecule is CCOC(C)(C)CNC(C)C(=O)NCCOC. The van der Waals surface area contributed by atoms with Crippen LogP contribution in [-0.4, -0.2) is 51.0 Å². The second kappa shape index (κ2) is 8.44. The normalized spacial score (nSPS) is 13.5. The third kappa shape index (κ3) is 8.12. The van der Waals surface area contributed by atoms with Gasteiger partial charge in [-0.05, 0) is 27.7 Å². The van der Waals surface area contributed by atoms with Gasteiger partial charge in [0.25, 0.3) is 0 Å². The summed E-state index contributed by atoms with van der Waals surface area (Å²) in [7, 11) is 1.61. The van der Waals surface area contributed by atoms with Crippen LogP contribution in [0.5, 0.6) is 0 Å². The molecule has 0 fully saturated rings. The van der Waals surface area contributed by atoms with Crippen molar-refractivity contribution in [1.82, 2.24) is 10.6 Å². The molecule has 5 heteroatoms. The van der Waals surface area contributed by atoms with Crippen LogP contribution in [0, 0.1) is 0 Å². The number of ether oxygens (including phenoxy) is 2. The van der Waals surface area contributed by atoms with Gasteiger partial charge in [0.1, 0.15) is 0 Å². The molecule has 0 aliphatic carbocycles. The number of methoxy groups -OCH3 is 1. The summed E-state index contributed by atoms with van der Waals surface area (Å²) in [6, 6.07) is -0.230. The van der Waals surface area contributed by atoms with Gasteiger partial charge in [-0.3, -0.25) is 4.79 Å². The van der Waals surface area contributed by atoms with Gasteiger partial charge >= 0.3 is 0 Å². The van der Waals surface area contributed by atoms with E-state index < -0.39 is 0 Å². The molecule has 0 bridgehead atoms. The van der Waals surface area contributed by atoms with Gasteiger partial charge in [0.05, 0.1) is 18.2 Å². The molecule has 0 saturated heterocycles. The quantitative estimate of drug-likeness (QED) is 0.583. The molecule has 1 atom stereocenters. The lowest BCUT2D eigenvalue weighted by atomic mass is 10.1. The molecule has 5 nitrogen and oxygen atoms in total. The number of nitrogens with one attached hydrogen (secondary N) is 2. The Labute approximate surface area is 104 Å². The predicted molar refractivity (Wildman–Crippen MR) is 68.1 cm³/mol. The Hall–Kier alpha value is -0.650. The molecular weight excluding hydrogens is 220 g/mol. The molecule has 0 heterocycles. The zero-order valence-electron chi connectivity index (χ0n) is 11.6. The van der Waals surface area contributed by atoms with Crippen LogP contribution in [0.15, 0.2) is 0 Å². The first-order chi connectivity index (χ1) is 7.93. The van der Waals surface area contributed by atoms with Crippen molar-refractivity contribution in [2.75, 3.05) is 33.4 Å². The molecule has 0 aromatic heterocycles. The van der Waals surface area contributed by atoms with Gasteiger partial charge in [0.15, 0.2) is 0 Å². The molecule has 1 unspecified atom stereocenters. The summed E-state index contributed by atoms with van der Waals surface area (Å²) < 4.78 is 10.4. The Kier molecular flexibility index (Phi) is 8.12. The highest BCUT2D eigenvalue weighted by Crippen LogP contribution is 2.07. The van der Waals surface area contributed by atoms with E-state index in [0.29, 0.717) is 26.3 Å². The van der Waals surface area contributed by atoms with E-state index in [1.807, 2.05) is 27.7 Å². The van der Waals surface area contributed by atoms with Crippen molar-refractivity contribution in [3.05, 3.63) is 0 Å². The second-order valence-corrected chi connectivity index (χ2v) is 4.58. The van der Waals surface area contributed by atoms with E-state index in [9.17, 15) is 4.79 Å². The molecule has 0 aromatic carbocycles. The highest BCUT2D eigenvalue weighted by molar-refractivity contribution is 5.81. The fourth-order valence-corrected chi connectivity index (χ4v) is 1.36. The minimum Gasteiger partial charge on any atom is -0.383 e. The highest BCUT2D eigenvalue weighted by atomic mass is 16.5. The van der Waals surface area contributed by atoms with E-state index in [0.717, 1.165) is 0 Å². The maximum atomic E-state index is 11.6. The first-order valence-corrected chi connectivity index (χ1v) is 6.07. The topological polar surface area (TPSA) is 59.6 Å². The van der Waals surface area contributed by atoms with Gasteiger partial charge in [-0.25, -0.2) is 0 Å². The number of carbonyl (C=O) groups is 1. The summed E-state index contributed by atoms with van der Waals surface area (Å²) in [5.74, 6) is -0.0191. The Bertz CT molecular complexity index is 220. The monoisotopic (exact) mass is 246 g/mol. The van der Waals surface area contributed by atoms with Crippen LogP contribution in [0.1, 0.15) is 27.7 Å². The lowest BCUT2D eigenvalue weighted by Crippen LogP contribution is -2.48. The van der Waals surface area contributed by atoms with E-state index in [4.69, 9.17) is 9.47 Å². The van der Waals surface area contributed by atoms with Gasteiger partial charge in [-0.15, -0.1) is 0 Å². The van der Waals surface area contributed by atoms with Crippen LogP contribution in [0.25, 0.3) is 0 Å². The molecule has 0 aromatic rings. The molecule has 17 heavy (non-hydrogen) atoms. The lowest BCUT2D eigenvalue weighted by molar-refractivity contribution is -0.123. The summed E-state index contributed by atoms with van der Waals surface area (Å²) in [5, 5.41) is 5.94. The van der Waals surface area contributed by atoms with Gasteiger partial charge in [0.2, 0.25) is 5.91 Å². The van der Waals surface area contributed by atoms with Crippen LogP contribution in [0.2, 0.25) is 0 Å². The maximum Gasteiger partial charge on any atom is 0.236 e. The van der Waals surface area contributed by atoms with Crippen molar-refractivity contribution in [1.29, 1.82) is 0 Å². The maximum absolute atomic E-state index is 11.6. The number of amides is 1. The summed E-state index contributed by atoms with van der Waals surface area (Å²) >= 11 is 0. The van der Waals surface area contributed by atoms with Gasteiger partial charge in [-0.1, -0.05) is 0 Å². The number of hydrogen-bond donors (Lipinski definition) is 2. The minimum atomic E-state index is -0.254. The first-order valence-electron chi connectivity index (χ1n) is 6.07. The summed E-state index contributed by atoms with van der Waals surface area (Å²) in [4.78, 5) is 11.6. The average Bonchev–Trinajstić information content (AvgIpc) is 2.26. The van der Waals surface area contributed by atoms with Crippen molar-refractivity contribution < 1.29 is 14.3 Å². The summed E-state index contributed by atoms with van der Waals surface area (Å²) in [6.45, 7) is 10.2. The largest absolute Gasteiger partial charge is 0.383 e. The van der Waals surface area contributed by atoms with Crippen LogP contribution in [0.4, 0.5) is 0 Å². The van der Waals surface area contributed by atoms with Gasteiger partial charge in [-0.2, -0.15) is 0 Å². The highest BCUT2D eigenvalue weighted by Gasteiger charge is 2.20. The average molecular weight is 246 g/mol. The number of rotatable bonds is 9. The third-order valence-electron chi connectivity index (χ3n) is 2.37. The summed E-state index contributed by atoms with van der Waals surface area (Å²) in [5.41, 5.74) is -0.254. The zero-order valence-corrected chi connectivity index (χ0v) is 11.6.